The number of nitrogens with zero attached hydrogens (tertiary/aromatic N) is 3. The molecule has 0 saturated heterocycles. The second-order valence-electron chi connectivity index (χ2n) is 4.53. The first-order valence-corrected chi connectivity index (χ1v) is 7.60. The van der Waals surface area contributed by atoms with Gasteiger partial charge < -0.3 is 9.88 Å². The van der Waals surface area contributed by atoms with Crippen molar-refractivity contribution in [1.82, 2.24) is 20.1 Å². The summed E-state index contributed by atoms with van der Waals surface area (Å²) in [5.41, 5.74) is 0.411. The summed E-state index contributed by atoms with van der Waals surface area (Å²) in [6, 6.07) is 5.14. The van der Waals surface area contributed by atoms with Crippen LogP contribution in [-0.2, 0) is 7.05 Å². The normalized spacial score (nSPS) is 12.2. The van der Waals surface area contributed by atoms with Crippen molar-refractivity contribution in [2.24, 2.45) is 7.05 Å². The first-order valence-electron chi connectivity index (χ1n) is 6.61. The van der Waals surface area contributed by atoms with E-state index in [1.54, 1.807) is 11.8 Å². The number of benzene rings is 1. The third kappa shape index (κ3) is 3.60. The average molecular weight is 308 g/mol. The number of rotatable bonds is 5. The standard InChI is InChI=1S/C14H17FN4OS/c1-4-21-14-18-17-12(19(14)3)9(2)16-13(20)10-5-7-11(15)8-6-10/h5-9H,4H2,1-3H3,(H,16,20)/t9-/m0/s1. The molecule has 0 fully saturated rings. The molecule has 1 N–H and O–H groups in total. The van der Waals surface area contributed by atoms with Gasteiger partial charge in [0.05, 0.1) is 6.04 Å². The van der Waals surface area contributed by atoms with E-state index >= 15 is 0 Å². The predicted molar refractivity (Wildman–Crippen MR) is 79.7 cm³/mol. The van der Waals surface area contributed by atoms with Gasteiger partial charge in [-0.2, -0.15) is 0 Å². The van der Waals surface area contributed by atoms with Gasteiger partial charge in [0, 0.05) is 12.6 Å². The van der Waals surface area contributed by atoms with Crippen LogP contribution in [0.4, 0.5) is 4.39 Å². The number of hydrogen-bond donors (Lipinski definition) is 1. The van der Waals surface area contributed by atoms with E-state index in [0.717, 1.165) is 10.9 Å². The lowest BCUT2D eigenvalue weighted by atomic mass is 10.2. The van der Waals surface area contributed by atoms with Crippen LogP contribution in [0.25, 0.3) is 0 Å². The van der Waals surface area contributed by atoms with Gasteiger partial charge in [-0.25, -0.2) is 4.39 Å². The molecular weight excluding hydrogens is 291 g/mol. The molecule has 2 aromatic rings. The van der Waals surface area contributed by atoms with E-state index in [9.17, 15) is 9.18 Å². The van der Waals surface area contributed by atoms with Crippen molar-refractivity contribution in [1.29, 1.82) is 0 Å². The summed E-state index contributed by atoms with van der Waals surface area (Å²) in [7, 11) is 1.87. The maximum atomic E-state index is 12.9. The van der Waals surface area contributed by atoms with Crippen LogP contribution >= 0.6 is 11.8 Å². The fraction of sp³-hybridized carbons (Fsp3) is 0.357. The number of hydrogen-bond acceptors (Lipinski definition) is 4. The molecule has 1 aromatic carbocycles. The molecule has 0 aliphatic carbocycles. The summed E-state index contributed by atoms with van der Waals surface area (Å²) in [4.78, 5) is 12.1. The molecule has 0 aliphatic rings. The van der Waals surface area contributed by atoms with Crippen LogP contribution in [0, 0.1) is 5.82 Å². The highest BCUT2D eigenvalue weighted by Gasteiger charge is 2.18. The third-order valence-electron chi connectivity index (χ3n) is 2.98. The van der Waals surface area contributed by atoms with Crippen molar-refractivity contribution in [2.75, 3.05) is 5.75 Å². The van der Waals surface area contributed by atoms with Crippen LogP contribution in [-0.4, -0.2) is 26.4 Å². The van der Waals surface area contributed by atoms with Crippen molar-refractivity contribution in [2.45, 2.75) is 25.0 Å². The van der Waals surface area contributed by atoms with Gasteiger partial charge in [-0.3, -0.25) is 4.79 Å². The van der Waals surface area contributed by atoms with Gasteiger partial charge >= 0.3 is 0 Å². The molecule has 1 amide bonds. The number of amides is 1. The molecule has 0 saturated carbocycles. The SMILES string of the molecule is CCSc1nnc([C@H](C)NC(=O)c2ccc(F)cc2)n1C. The van der Waals surface area contributed by atoms with Crippen LogP contribution in [0.1, 0.15) is 36.1 Å². The van der Waals surface area contributed by atoms with Crippen molar-refractivity contribution < 1.29 is 9.18 Å². The van der Waals surface area contributed by atoms with Crippen LogP contribution in [0.2, 0.25) is 0 Å². The molecule has 0 spiro atoms. The quantitative estimate of drug-likeness (QED) is 0.862. The zero-order chi connectivity index (χ0) is 15.4. The molecule has 0 radical (unpaired) electrons. The summed E-state index contributed by atoms with van der Waals surface area (Å²) >= 11 is 1.59. The number of halogens is 1. The Morgan fingerprint density at radius 2 is 2.05 bits per heavy atom. The lowest BCUT2D eigenvalue weighted by Gasteiger charge is -2.13. The van der Waals surface area contributed by atoms with Crippen molar-refractivity contribution in [3.05, 3.63) is 41.5 Å². The summed E-state index contributed by atoms with van der Waals surface area (Å²) in [6.45, 7) is 3.88. The van der Waals surface area contributed by atoms with Crippen LogP contribution in [0.5, 0.6) is 0 Å². The van der Waals surface area contributed by atoms with E-state index in [-0.39, 0.29) is 17.8 Å². The minimum atomic E-state index is -0.367. The van der Waals surface area contributed by atoms with Gasteiger partial charge in [0.15, 0.2) is 11.0 Å². The van der Waals surface area contributed by atoms with E-state index in [1.165, 1.54) is 24.3 Å². The van der Waals surface area contributed by atoms with Crippen molar-refractivity contribution >= 4 is 17.7 Å². The number of aromatic nitrogens is 3. The second kappa shape index (κ2) is 6.71. The summed E-state index contributed by atoms with van der Waals surface area (Å²) in [5.74, 6) is 0.952. The topological polar surface area (TPSA) is 59.8 Å². The van der Waals surface area contributed by atoms with Crippen LogP contribution in [0.3, 0.4) is 0 Å². The van der Waals surface area contributed by atoms with Gasteiger partial charge in [-0.1, -0.05) is 18.7 Å². The summed E-state index contributed by atoms with van der Waals surface area (Å²) < 4.78 is 14.7. The molecule has 0 bridgehead atoms. The van der Waals surface area contributed by atoms with Crippen molar-refractivity contribution in [3.8, 4) is 0 Å². The molecule has 1 aromatic heterocycles. The average Bonchev–Trinajstić information content (AvgIpc) is 2.81. The van der Waals surface area contributed by atoms with Gasteiger partial charge in [0.2, 0.25) is 0 Å². The number of carbonyl (C=O) groups is 1. The first-order chi connectivity index (χ1) is 10.0. The minimum Gasteiger partial charge on any atom is -0.342 e. The molecule has 0 unspecified atom stereocenters. The fourth-order valence-corrected chi connectivity index (χ4v) is 2.55. The Bertz CT molecular complexity index is 626. The molecule has 1 heterocycles. The number of thioether (sulfide) groups is 1. The summed E-state index contributed by atoms with van der Waals surface area (Å²) in [6.07, 6.45) is 0. The summed E-state index contributed by atoms with van der Waals surface area (Å²) in [5, 5.41) is 11.9. The van der Waals surface area contributed by atoms with E-state index in [1.807, 2.05) is 25.5 Å². The zero-order valence-electron chi connectivity index (χ0n) is 12.1. The van der Waals surface area contributed by atoms with E-state index in [0.29, 0.717) is 11.4 Å². The third-order valence-corrected chi connectivity index (χ3v) is 3.89. The highest BCUT2D eigenvalue weighted by atomic mass is 32.2. The molecule has 21 heavy (non-hydrogen) atoms. The lowest BCUT2D eigenvalue weighted by Crippen LogP contribution is -2.28. The highest BCUT2D eigenvalue weighted by molar-refractivity contribution is 7.99. The van der Waals surface area contributed by atoms with E-state index < -0.39 is 0 Å². The second-order valence-corrected chi connectivity index (χ2v) is 5.77. The van der Waals surface area contributed by atoms with Gasteiger partial charge in [0.1, 0.15) is 5.82 Å². The Morgan fingerprint density at radius 1 is 1.38 bits per heavy atom. The Hall–Kier alpha value is -1.89. The lowest BCUT2D eigenvalue weighted by molar-refractivity contribution is 0.0937. The van der Waals surface area contributed by atoms with Crippen molar-refractivity contribution in [3.63, 3.8) is 0 Å². The van der Waals surface area contributed by atoms with Crippen LogP contribution in [0.15, 0.2) is 29.4 Å². The molecular formula is C14H17FN4OS. The van der Waals surface area contributed by atoms with Gasteiger partial charge in [-0.15, -0.1) is 10.2 Å². The molecule has 1 atom stereocenters. The smallest absolute Gasteiger partial charge is 0.251 e. The molecule has 112 valence electrons. The molecule has 2 rings (SSSR count). The maximum absolute atomic E-state index is 12.9. The zero-order valence-corrected chi connectivity index (χ0v) is 12.9. The Morgan fingerprint density at radius 3 is 2.67 bits per heavy atom. The molecule has 7 heteroatoms. The maximum Gasteiger partial charge on any atom is 0.251 e. The largest absolute Gasteiger partial charge is 0.342 e. The fourth-order valence-electron chi connectivity index (χ4n) is 1.90. The van der Waals surface area contributed by atoms with Gasteiger partial charge in [0.25, 0.3) is 5.91 Å². The molecule has 0 aliphatic heterocycles. The first kappa shape index (κ1) is 15.5. The van der Waals surface area contributed by atoms with E-state index in [4.69, 9.17) is 0 Å². The van der Waals surface area contributed by atoms with Gasteiger partial charge in [-0.05, 0) is 36.9 Å². The predicted octanol–water partition coefficient (Wildman–Crippen LogP) is 2.56. The Labute approximate surface area is 127 Å². The van der Waals surface area contributed by atoms with E-state index in [2.05, 4.69) is 15.5 Å². The van der Waals surface area contributed by atoms with Crippen LogP contribution < -0.4 is 5.32 Å². The highest BCUT2D eigenvalue weighted by Crippen LogP contribution is 2.18. The minimum absolute atomic E-state index is 0.268. The molecule has 5 nitrogen and oxygen atoms in total. The monoisotopic (exact) mass is 308 g/mol. The Balaban J connectivity index is 2.08. The number of nitrogens with one attached hydrogen (secondary N) is 1. The number of carbonyl (C=O) groups excluding carboxylic acids is 1. The Kier molecular flexibility index (Phi) is 4.95.